The Balaban J connectivity index is 0.00000196. The summed E-state index contributed by atoms with van der Waals surface area (Å²) in [7, 11) is 1.92. The zero-order valence-electron chi connectivity index (χ0n) is 15.0. The molecule has 1 aromatic carbocycles. The van der Waals surface area contributed by atoms with Gasteiger partial charge < -0.3 is 10.2 Å². The number of fused-ring (bicyclic) bond motifs is 2. The normalized spacial score (nSPS) is 24.2. The molecule has 2 aliphatic rings. The van der Waals surface area contributed by atoms with Crippen LogP contribution in [-0.4, -0.2) is 45.8 Å². The number of carbonyl (C=O) groups excluding carboxylic acids is 1. The van der Waals surface area contributed by atoms with Crippen molar-refractivity contribution >= 4 is 29.9 Å². The van der Waals surface area contributed by atoms with Gasteiger partial charge in [0.1, 0.15) is 0 Å². The topological polar surface area (TPSA) is 50.2 Å². The fraction of sp³-hybridized carbons (Fsp3) is 0.474. The van der Waals surface area contributed by atoms with Crippen LogP contribution >= 0.6 is 24.0 Å². The molecule has 0 spiro atoms. The highest BCUT2D eigenvalue weighted by Crippen LogP contribution is 2.30. The van der Waals surface area contributed by atoms with Crippen molar-refractivity contribution in [1.29, 1.82) is 0 Å². The smallest absolute Gasteiger partial charge is 0.257 e. The number of para-hydroxylation sites is 1. The lowest BCUT2D eigenvalue weighted by Crippen LogP contribution is -2.48. The van der Waals surface area contributed by atoms with Crippen molar-refractivity contribution in [3.63, 3.8) is 0 Å². The molecule has 1 amide bonds. The lowest BCUT2D eigenvalue weighted by molar-refractivity contribution is 0.0681. The van der Waals surface area contributed by atoms with E-state index in [1.165, 1.54) is 12.8 Å². The number of amides is 1. The zero-order chi connectivity index (χ0) is 17.6. The molecular weight excluding hydrogens is 371 g/mol. The summed E-state index contributed by atoms with van der Waals surface area (Å²) >= 11 is 6.28. The minimum Gasteiger partial charge on any atom is -0.338 e. The number of hydrogen-bond acceptors (Lipinski definition) is 3. The van der Waals surface area contributed by atoms with E-state index in [0.717, 1.165) is 24.2 Å². The van der Waals surface area contributed by atoms with E-state index in [1.54, 1.807) is 10.9 Å². The van der Waals surface area contributed by atoms with Crippen molar-refractivity contribution in [1.82, 2.24) is 20.0 Å². The second kappa shape index (κ2) is 7.59. The molecule has 0 saturated carbocycles. The molecule has 2 aliphatic heterocycles. The molecule has 140 valence electrons. The van der Waals surface area contributed by atoms with Crippen molar-refractivity contribution in [2.45, 2.75) is 50.7 Å². The minimum absolute atomic E-state index is 0. The van der Waals surface area contributed by atoms with Gasteiger partial charge in [-0.25, -0.2) is 4.68 Å². The van der Waals surface area contributed by atoms with Crippen LogP contribution in [0.5, 0.6) is 0 Å². The second-order valence-electron chi connectivity index (χ2n) is 7.19. The largest absolute Gasteiger partial charge is 0.338 e. The molecule has 5 nitrogen and oxygen atoms in total. The Morgan fingerprint density at radius 3 is 2.58 bits per heavy atom. The minimum atomic E-state index is 0. The number of nitrogens with zero attached hydrogens (tertiary/aromatic N) is 3. The maximum absolute atomic E-state index is 13.0. The molecule has 26 heavy (non-hydrogen) atoms. The lowest BCUT2D eigenvalue weighted by Gasteiger charge is -2.35. The molecule has 2 aromatic rings. The predicted molar refractivity (Wildman–Crippen MR) is 106 cm³/mol. The van der Waals surface area contributed by atoms with Crippen molar-refractivity contribution in [3.05, 3.63) is 46.7 Å². The average Bonchev–Trinajstić information content (AvgIpc) is 3.16. The molecule has 0 aliphatic carbocycles. The summed E-state index contributed by atoms with van der Waals surface area (Å²) in [5.74, 6) is 0.0436. The summed E-state index contributed by atoms with van der Waals surface area (Å²) in [5.41, 5.74) is 2.26. The average molecular weight is 395 g/mol. The highest BCUT2D eigenvalue weighted by molar-refractivity contribution is 6.32. The fourth-order valence-electron chi connectivity index (χ4n) is 4.19. The van der Waals surface area contributed by atoms with E-state index < -0.39 is 0 Å². The van der Waals surface area contributed by atoms with Gasteiger partial charge in [0, 0.05) is 25.2 Å². The number of benzene rings is 1. The first-order valence-electron chi connectivity index (χ1n) is 8.87. The van der Waals surface area contributed by atoms with E-state index in [9.17, 15) is 4.79 Å². The molecule has 1 N–H and O–H groups in total. The zero-order valence-corrected chi connectivity index (χ0v) is 16.6. The molecule has 3 heterocycles. The molecular formula is C19H24Cl2N4O. The van der Waals surface area contributed by atoms with Crippen LogP contribution in [-0.2, 0) is 0 Å². The summed E-state index contributed by atoms with van der Waals surface area (Å²) in [6, 6.07) is 8.96. The maximum atomic E-state index is 13.0. The van der Waals surface area contributed by atoms with Gasteiger partial charge >= 0.3 is 0 Å². The number of halogens is 2. The predicted octanol–water partition coefficient (Wildman–Crippen LogP) is 3.61. The number of piperidine rings is 1. The van der Waals surface area contributed by atoms with Crippen LogP contribution in [0, 0.1) is 6.92 Å². The Bertz CT molecular complexity index is 795. The van der Waals surface area contributed by atoms with Gasteiger partial charge in [-0.1, -0.05) is 23.7 Å². The quantitative estimate of drug-likeness (QED) is 0.864. The van der Waals surface area contributed by atoms with Gasteiger partial charge in [-0.15, -0.1) is 12.4 Å². The van der Waals surface area contributed by atoms with Crippen LogP contribution < -0.4 is 5.32 Å². The second-order valence-corrected chi connectivity index (χ2v) is 7.59. The third kappa shape index (κ3) is 3.36. The van der Waals surface area contributed by atoms with E-state index in [0.29, 0.717) is 28.7 Å². The Hall–Kier alpha value is -1.56. The number of nitrogens with one attached hydrogen (secondary N) is 1. The standard InChI is InChI=1S/C19H23ClN4O.ClH/c1-12-16(11-21-24(12)18-6-4-3-5-17(18)20)19(25)23(2)15-9-13-7-8-14(10-15)22-13;/h3-6,11,13-15,22H,7-10H2,1-2H3;1H. The van der Waals surface area contributed by atoms with Crippen LogP contribution in [0.1, 0.15) is 41.7 Å². The first kappa shape index (κ1) is 19.2. The highest BCUT2D eigenvalue weighted by atomic mass is 35.5. The first-order chi connectivity index (χ1) is 12.0. The van der Waals surface area contributed by atoms with Gasteiger partial charge in [0.25, 0.3) is 5.91 Å². The molecule has 0 radical (unpaired) electrons. The molecule has 2 atom stereocenters. The number of hydrogen-bond donors (Lipinski definition) is 1. The summed E-state index contributed by atoms with van der Waals surface area (Å²) < 4.78 is 1.75. The highest BCUT2D eigenvalue weighted by Gasteiger charge is 2.37. The molecule has 2 saturated heterocycles. The Morgan fingerprint density at radius 1 is 1.27 bits per heavy atom. The number of carbonyl (C=O) groups is 1. The van der Waals surface area contributed by atoms with Gasteiger partial charge in [-0.3, -0.25) is 4.79 Å². The van der Waals surface area contributed by atoms with Gasteiger partial charge in [-0.05, 0) is 44.7 Å². The van der Waals surface area contributed by atoms with Crippen LogP contribution in [0.3, 0.4) is 0 Å². The molecule has 2 unspecified atom stereocenters. The lowest BCUT2D eigenvalue weighted by atomic mass is 9.98. The molecule has 2 fully saturated rings. The summed E-state index contributed by atoms with van der Waals surface area (Å²) in [5, 5.41) is 8.66. The fourth-order valence-corrected chi connectivity index (χ4v) is 4.40. The number of rotatable bonds is 3. The third-order valence-corrected chi connectivity index (χ3v) is 5.96. The van der Waals surface area contributed by atoms with Crippen molar-refractivity contribution in [2.75, 3.05) is 7.05 Å². The first-order valence-corrected chi connectivity index (χ1v) is 9.25. The van der Waals surface area contributed by atoms with Crippen LogP contribution in [0.25, 0.3) is 5.69 Å². The van der Waals surface area contributed by atoms with E-state index in [-0.39, 0.29) is 18.3 Å². The van der Waals surface area contributed by atoms with E-state index in [2.05, 4.69) is 10.4 Å². The Labute approximate surface area is 165 Å². The number of aromatic nitrogens is 2. The van der Waals surface area contributed by atoms with Crippen molar-refractivity contribution in [3.8, 4) is 5.69 Å². The third-order valence-electron chi connectivity index (χ3n) is 5.64. The van der Waals surface area contributed by atoms with Gasteiger partial charge in [0.2, 0.25) is 0 Å². The van der Waals surface area contributed by atoms with Gasteiger partial charge in [-0.2, -0.15) is 5.10 Å². The molecule has 2 bridgehead atoms. The van der Waals surface area contributed by atoms with Crippen LogP contribution in [0.2, 0.25) is 5.02 Å². The maximum Gasteiger partial charge on any atom is 0.257 e. The Kier molecular flexibility index (Phi) is 5.61. The van der Waals surface area contributed by atoms with Crippen LogP contribution in [0.4, 0.5) is 0 Å². The van der Waals surface area contributed by atoms with E-state index >= 15 is 0 Å². The van der Waals surface area contributed by atoms with E-state index in [1.807, 2.05) is 43.1 Å². The van der Waals surface area contributed by atoms with Crippen molar-refractivity contribution < 1.29 is 4.79 Å². The molecule has 4 rings (SSSR count). The molecule has 1 aromatic heterocycles. The van der Waals surface area contributed by atoms with Crippen molar-refractivity contribution in [2.24, 2.45) is 0 Å². The van der Waals surface area contributed by atoms with Gasteiger partial charge in [0.05, 0.1) is 28.2 Å². The summed E-state index contributed by atoms with van der Waals surface area (Å²) in [6.45, 7) is 1.92. The van der Waals surface area contributed by atoms with Gasteiger partial charge in [0.15, 0.2) is 0 Å². The summed E-state index contributed by atoms with van der Waals surface area (Å²) in [4.78, 5) is 15.0. The molecule has 7 heteroatoms. The van der Waals surface area contributed by atoms with Crippen LogP contribution in [0.15, 0.2) is 30.5 Å². The van der Waals surface area contributed by atoms with E-state index in [4.69, 9.17) is 11.6 Å². The summed E-state index contributed by atoms with van der Waals surface area (Å²) in [6.07, 6.45) is 6.19. The SMILES string of the molecule is Cc1c(C(=O)N(C)C2CC3CCC(C2)N3)cnn1-c1ccccc1Cl.Cl. The monoisotopic (exact) mass is 394 g/mol. The Morgan fingerprint density at radius 2 is 1.92 bits per heavy atom.